The van der Waals surface area contributed by atoms with Crippen molar-refractivity contribution in [3.63, 3.8) is 0 Å². The smallest absolute Gasteiger partial charge is 0.352 e. The van der Waals surface area contributed by atoms with Crippen LogP contribution in [0.15, 0.2) is 17.2 Å². The number of nitrogens with one attached hydrogen (secondary N) is 1. The van der Waals surface area contributed by atoms with E-state index in [0.717, 1.165) is 12.8 Å². The van der Waals surface area contributed by atoms with Crippen LogP contribution in [0.2, 0.25) is 0 Å². The van der Waals surface area contributed by atoms with Crippen molar-refractivity contribution in [2.24, 2.45) is 5.41 Å². The minimum Gasteiger partial charge on any atom is -0.477 e. The summed E-state index contributed by atoms with van der Waals surface area (Å²) in [4.78, 5) is 13.3. The maximum atomic E-state index is 12.4. The van der Waals surface area contributed by atoms with Gasteiger partial charge >= 0.3 is 5.97 Å². The lowest BCUT2D eigenvalue weighted by Gasteiger charge is -2.36. The van der Waals surface area contributed by atoms with Gasteiger partial charge in [0.05, 0.1) is 0 Å². The standard InChI is InChI=1S/C12H18N2O4S/c1-12(2)4-3-5-14(8-12)19(17,18)9-6-10(11(15)16)13-7-9/h6-7,13H,3-5,8H2,1-2H3,(H,15,16). The number of hydrogen-bond donors (Lipinski definition) is 2. The molecule has 6 nitrogen and oxygen atoms in total. The minimum absolute atomic E-state index is 0.0163. The summed E-state index contributed by atoms with van der Waals surface area (Å²) < 4.78 is 26.3. The molecule has 0 amide bonds. The van der Waals surface area contributed by atoms with Crippen LogP contribution in [0.5, 0.6) is 0 Å². The lowest BCUT2D eigenvalue weighted by molar-refractivity contribution is 0.0691. The molecule has 19 heavy (non-hydrogen) atoms. The monoisotopic (exact) mass is 286 g/mol. The maximum absolute atomic E-state index is 12.4. The molecule has 0 unspecified atom stereocenters. The largest absolute Gasteiger partial charge is 0.477 e. The van der Waals surface area contributed by atoms with Crippen LogP contribution in [0, 0.1) is 5.41 Å². The number of carboxylic acid groups (broad SMARTS) is 1. The van der Waals surface area contributed by atoms with Crippen LogP contribution in [0.25, 0.3) is 0 Å². The quantitative estimate of drug-likeness (QED) is 0.881. The van der Waals surface area contributed by atoms with Gasteiger partial charge in [0.15, 0.2) is 0 Å². The fourth-order valence-electron chi connectivity index (χ4n) is 2.37. The Morgan fingerprint density at radius 3 is 2.68 bits per heavy atom. The maximum Gasteiger partial charge on any atom is 0.352 e. The van der Waals surface area contributed by atoms with Crippen molar-refractivity contribution in [1.29, 1.82) is 0 Å². The van der Waals surface area contributed by atoms with Gasteiger partial charge in [-0.2, -0.15) is 4.31 Å². The Hall–Kier alpha value is -1.34. The molecule has 0 atom stereocenters. The van der Waals surface area contributed by atoms with Gasteiger partial charge in [-0.15, -0.1) is 0 Å². The molecule has 1 aromatic rings. The van der Waals surface area contributed by atoms with Gasteiger partial charge in [-0.05, 0) is 24.3 Å². The molecule has 2 rings (SSSR count). The topological polar surface area (TPSA) is 90.5 Å². The third kappa shape index (κ3) is 2.82. The Kier molecular flexibility index (Phi) is 3.44. The summed E-state index contributed by atoms with van der Waals surface area (Å²) in [5.74, 6) is -1.17. The van der Waals surface area contributed by atoms with Gasteiger partial charge in [0, 0.05) is 19.3 Å². The molecule has 1 saturated heterocycles. The summed E-state index contributed by atoms with van der Waals surface area (Å²) in [6, 6.07) is 1.17. The fraction of sp³-hybridized carbons (Fsp3) is 0.583. The SMILES string of the molecule is CC1(C)CCCN(S(=O)(=O)c2c[nH]c(C(=O)O)c2)C1. The molecule has 2 N–H and O–H groups in total. The van der Waals surface area contributed by atoms with E-state index < -0.39 is 16.0 Å². The second kappa shape index (κ2) is 4.64. The molecule has 0 radical (unpaired) electrons. The third-order valence-corrected chi connectivity index (χ3v) is 5.21. The molecule has 0 spiro atoms. The molecule has 0 aliphatic carbocycles. The number of rotatable bonds is 3. The van der Waals surface area contributed by atoms with Gasteiger partial charge in [-0.3, -0.25) is 0 Å². The summed E-state index contributed by atoms with van der Waals surface area (Å²) in [6.45, 7) is 5.02. The van der Waals surface area contributed by atoms with Crippen molar-refractivity contribution >= 4 is 16.0 Å². The van der Waals surface area contributed by atoms with E-state index >= 15 is 0 Å². The van der Waals surface area contributed by atoms with Crippen molar-refractivity contribution in [2.45, 2.75) is 31.6 Å². The van der Waals surface area contributed by atoms with Crippen LogP contribution in [-0.4, -0.2) is 41.9 Å². The number of hydrogen-bond acceptors (Lipinski definition) is 3. The van der Waals surface area contributed by atoms with Crippen LogP contribution in [0.4, 0.5) is 0 Å². The number of carboxylic acids is 1. The van der Waals surface area contributed by atoms with Crippen molar-refractivity contribution in [2.75, 3.05) is 13.1 Å². The first-order chi connectivity index (χ1) is 8.72. The predicted octanol–water partition coefficient (Wildman–Crippen LogP) is 1.52. The zero-order chi connectivity index (χ0) is 14.3. The molecular formula is C12H18N2O4S. The Balaban J connectivity index is 2.28. The van der Waals surface area contributed by atoms with Gasteiger partial charge < -0.3 is 10.1 Å². The summed E-state index contributed by atoms with van der Waals surface area (Å²) in [5, 5.41) is 8.82. The summed E-state index contributed by atoms with van der Waals surface area (Å²) in [5.41, 5.74) is -0.160. The molecule has 0 saturated carbocycles. The lowest BCUT2D eigenvalue weighted by Crippen LogP contribution is -2.43. The van der Waals surface area contributed by atoms with E-state index in [1.165, 1.54) is 16.6 Å². The predicted molar refractivity (Wildman–Crippen MR) is 69.5 cm³/mol. The fourth-order valence-corrected chi connectivity index (χ4v) is 4.03. The molecule has 1 aromatic heterocycles. The number of aromatic amines is 1. The first-order valence-corrected chi connectivity index (χ1v) is 7.58. The van der Waals surface area contributed by atoms with Crippen LogP contribution >= 0.6 is 0 Å². The molecule has 0 aromatic carbocycles. The van der Waals surface area contributed by atoms with Gasteiger partial charge in [0.2, 0.25) is 10.0 Å². The molecule has 1 fully saturated rings. The first kappa shape index (κ1) is 14.1. The number of aromatic nitrogens is 1. The summed E-state index contributed by atoms with van der Waals surface area (Å²) in [6.07, 6.45) is 3.05. The number of nitrogens with zero attached hydrogens (tertiary/aromatic N) is 1. The van der Waals surface area contributed by atoms with E-state index in [1.54, 1.807) is 0 Å². The second-order valence-corrected chi connectivity index (χ2v) is 7.60. The van der Waals surface area contributed by atoms with Crippen molar-refractivity contribution in [3.8, 4) is 0 Å². The van der Waals surface area contributed by atoms with Gasteiger partial charge in [0.25, 0.3) is 0 Å². The van der Waals surface area contributed by atoms with E-state index in [4.69, 9.17) is 5.11 Å². The Bertz CT molecular complexity index is 589. The van der Waals surface area contributed by atoms with Gasteiger partial charge in [-0.1, -0.05) is 13.8 Å². The Morgan fingerprint density at radius 2 is 2.16 bits per heavy atom. The third-order valence-electron chi connectivity index (χ3n) is 3.39. The Morgan fingerprint density at radius 1 is 1.47 bits per heavy atom. The molecule has 106 valence electrons. The summed E-state index contributed by atoms with van der Waals surface area (Å²) >= 11 is 0. The molecule has 0 bridgehead atoms. The van der Waals surface area contributed by atoms with Crippen molar-refractivity contribution in [3.05, 3.63) is 18.0 Å². The van der Waals surface area contributed by atoms with E-state index in [-0.39, 0.29) is 16.0 Å². The highest BCUT2D eigenvalue weighted by atomic mass is 32.2. The molecular weight excluding hydrogens is 268 g/mol. The van der Waals surface area contributed by atoms with Crippen LogP contribution < -0.4 is 0 Å². The van der Waals surface area contributed by atoms with Crippen LogP contribution in [0.1, 0.15) is 37.2 Å². The zero-order valence-corrected chi connectivity index (χ0v) is 11.8. The number of aromatic carboxylic acids is 1. The van der Waals surface area contributed by atoms with Crippen molar-refractivity contribution < 1.29 is 18.3 Å². The van der Waals surface area contributed by atoms with E-state index in [2.05, 4.69) is 4.98 Å². The average molecular weight is 286 g/mol. The Labute approximate surface area is 112 Å². The number of carbonyl (C=O) groups is 1. The molecule has 1 aliphatic rings. The molecule has 1 aliphatic heterocycles. The van der Waals surface area contributed by atoms with E-state index in [0.29, 0.717) is 13.1 Å². The lowest BCUT2D eigenvalue weighted by atomic mass is 9.85. The highest BCUT2D eigenvalue weighted by Gasteiger charge is 2.34. The number of sulfonamides is 1. The molecule has 2 heterocycles. The number of H-pyrrole nitrogens is 1. The highest BCUT2D eigenvalue weighted by molar-refractivity contribution is 7.89. The number of piperidine rings is 1. The zero-order valence-electron chi connectivity index (χ0n) is 11.0. The second-order valence-electron chi connectivity index (χ2n) is 5.66. The normalized spacial score (nSPS) is 20.3. The molecule has 7 heteroatoms. The van der Waals surface area contributed by atoms with Crippen molar-refractivity contribution in [1.82, 2.24) is 9.29 Å². The average Bonchev–Trinajstić information content (AvgIpc) is 2.77. The van der Waals surface area contributed by atoms with E-state index in [9.17, 15) is 13.2 Å². The van der Waals surface area contributed by atoms with Gasteiger partial charge in [0.1, 0.15) is 10.6 Å². The van der Waals surface area contributed by atoms with Gasteiger partial charge in [-0.25, -0.2) is 13.2 Å². The first-order valence-electron chi connectivity index (χ1n) is 6.14. The summed E-state index contributed by atoms with van der Waals surface area (Å²) in [7, 11) is -3.61. The highest BCUT2D eigenvalue weighted by Crippen LogP contribution is 2.31. The van der Waals surface area contributed by atoms with Crippen LogP contribution in [0.3, 0.4) is 0 Å². The minimum atomic E-state index is -3.61. The van der Waals surface area contributed by atoms with Crippen LogP contribution in [-0.2, 0) is 10.0 Å². The van der Waals surface area contributed by atoms with E-state index in [1.807, 2.05) is 13.8 Å².